The highest BCUT2D eigenvalue weighted by molar-refractivity contribution is 6.21. The van der Waals surface area contributed by atoms with Crippen molar-refractivity contribution in [3.05, 3.63) is 101 Å². The molecule has 1 aromatic heterocycles. The number of fused-ring (bicyclic) bond motifs is 6. The second-order valence-electron chi connectivity index (χ2n) is 19.0. The number of carboxylic acid groups (broad SMARTS) is 4. The highest BCUT2D eigenvalue weighted by Crippen LogP contribution is 2.43. The molecule has 1 unspecified atom stereocenters. The van der Waals surface area contributed by atoms with E-state index >= 15 is 0 Å². The van der Waals surface area contributed by atoms with Crippen molar-refractivity contribution in [2.24, 2.45) is 0 Å². The highest BCUT2D eigenvalue weighted by Gasteiger charge is 2.25. The molecule has 0 aliphatic heterocycles. The van der Waals surface area contributed by atoms with Crippen LogP contribution in [0.15, 0.2) is 94.1 Å². The quantitative estimate of drug-likeness (QED) is 0.00870. The number of urea groups is 1. The van der Waals surface area contributed by atoms with Crippen LogP contribution >= 0.6 is 0 Å². The molecular weight excluding hydrogens is 1010 g/mol. The lowest BCUT2D eigenvalue weighted by Crippen LogP contribution is -2.51. The Morgan fingerprint density at radius 3 is 1.82 bits per heavy atom. The molecule has 78 heavy (non-hydrogen) atoms. The second-order valence-corrected chi connectivity index (χ2v) is 19.0. The number of ether oxygens (including phenoxy) is 1. The van der Waals surface area contributed by atoms with Gasteiger partial charge in [-0.25, -0.2) is 19.2 Å². The number of aromatic carboxylic acids is 1. The van der Waals surface area contributed by atoms with Gasteiger partial charge in [0.2, 0.25) is 5.91 Å². The summed E-state index contributed by atoms with van der Waals surface area (Å²) in [4.78, 5) is 115. The minimum Gasteiger partial charge on any atom is -0.508 e. The molecule has 0 aliphatic rings. The van der Waals surface area contributed by atoms with Crippen LogP contribution in [-0.4, -0.2) is 104 Å². The number of carbonyl (C=O) groups is 9. The van der Waals surface area contributed by atoms with E-state index in [-0.39, 0.29) is 53.5 Å². The molecule has 20 nitrogen and oxygen atoms in total. The fraction of sp³-hybridized carbons (Fsp3) is 0.379. The van der Waals surface area contributed by atoms with Gasteiger partial charge in [-0.2, -0.15) is 0 Å². The molecule has 0 spiro atoms. The van der Waals surface area contributed by atoms with E-state index in [1.165, 1.54) is 6.07 Å². The van der Waals surface area contributed by atoms with Gasteiger partial charge in [0.25, 0.3) is 6.47 Å². The molecule has 3 atom stereocenters. The topological polar surface area (TPSA) is 330 Å². The van der Waals surface area contributed by atoms with Gasteiger partial charge in [0.15, 0.2) is 5.43 Å². The maximum absolute atomic E-state index is 12.3. The zero-order valence-electron chi connectivity index (χ0n) is 43.3. The monoisotopic (exact) mass is 1080 g/mol. The van der Waals surface area contributed by atoms with Crippen LogP contribution in [0, 0.1) is 0 Å². The van der Waals surface area contributed by atoms with E-state index < -0.39 is 54.5 Å². The third-order valence-electron chi connectivity index (χ3n) is 13.0. The molecule has 8 N–H and O–H groups in total. The zero-order chi connectivity index (χ0) is 56.7. The number of phenols is 1. The molecular formula is C58H65N3O17. The predicted molar refractivity (Wildman–Crippen MR) is 289 cm³/mol. The molecule has 20 heteroatoms. The fourth-order valence-electron chi connectivity index (χ4n) is 9.07. The molecule has 6 aromatic rings. The molecule has 0 saturated heterocycles. The average molecular weight is 1080 g/mol. The van der Waals surface area contributed by atoms with Gasteiger partial charge in [0, 0.05) is 65.8 Å². The molecule has 414 valence electrons. The first-order valence-electron chi connectivity index (χ1n) is 25.9. The first-order valence-corrected chi connectivity index (χ1v) is 25.9. The Hall–Kier alpha value is -8.68. The van der Waals surface area contributed by atoms with Crippen LogP contribution in [0.1, 0.15) is 126 Å². The summed E-state index contributed by atoms with van der Waals surface area (Å²) in [7, 11) is 0. The van der Waals surface area contributed by atoms with E-state index in [2.05, 4.69) is 16.0 Å². The van der Waals surface area contributed by atoms with Crippen molar-refractivity contribution >= 4 is 97.3 Å². The molecule has 0 radical (unpaired) electrons. The van der Waals surface area contributed by atoms with Gasteiger partial charge >= 0.3 is 29.9 Å². The van der Waals surface area contributed by atoms with E-state index in [0.29, 0.717) is 81.1 Å². The minimum atomic E-state index is -1.48. The van der Waals surface area contributed by atoms with Gasteiger partial charge in [-0.15, -0.1) is 0 Å². The van der Waals surface area contributed by atoms with E-state index in [0.717, 1.165) is 70.0 Å². The lowest BCUT2D eigenvalue weighted by Gasteiger charge is -2.18. The number of hydrogen-bond donors (Lipinski definition) is 8. The number of phenolic OH excluding ortho intramolecular Hbond substituents is 1. The van der Waals surface area contributed by atoms with Gasteiger partial charge in [-0.05, 0) is 136 Å². The first kappa shape index (κ1) is 60.2. The Morgan fingerprint density at radius 2 is 1.19 bits per heavy atom. The summed E-state index contributed by atoms with van der Waals surface area (Å²) >= 11 is 0. The smallest absolute Gasteiger partial charge is 0.336 e. The summed E-state index contributed by atoms with van der Waals surface area (Å²) in [6.07, 6.45) is 6.72. The molecule has 0 saturated carbocycles. The number of carboxylic acids is 4. The van der Waals surface area contributed by atoms with Gasteiger partial charge in [0.05, 0.1) is 5.56 Å². The number of nitrogens with one attached hydrogen (secondary N) is 3. The Morgan fingerprint density at radius 1 is 0.615 bits per heavy atom. The lowest BCUT2D eigenvalue weighted by atomic mass is 9.91. The van der Waals surface area contributed by atoms with Crippen molar-refractivity contribution in [1.29, 1.82) is 0 Å². The SMILES string of the molecule is CC(=O)CCCCCC(CC(=O)CCCCCCC(=O)NCCCC[C@H](NC(=O)N[C@@H](CCC(=O)O)C(=O)O)C(=O)O)OC=O.O=C(O)c1ccccc1-c1c2ccc3cc(O)ccc3c2oc2c1ccc1cc(=O)ccc12. The van der Waals surface area contributed by atoms with Crippen LogP contribution in [-0.2, 0) is 38.3 Å². The number of aliphatic carboxylic acids is 3. The highest BCUT2D eigenvalue weighted by atomic mass is 16.5. The molecule has 0 aliphatic carbocycles. The van der Waals surface area contributed by atoms with Crippen molar-refractivity contribution in [2.75, 3.05) is 6.54 Å². The standard InChI is InChI=1S/C30H49N3O12.C28H16O5/c1-21(35)11-5-4-7-13-23(45-20-34)19-22(36)12-6-2-3-8-15-26(37)31-18-10-9-14-24(28(40)41)32-30(44)33-25(29(42)43)16-17-27(38)39;29-17-7-11-19-15(13-17)5-9-23-25(21-3-1-2-4-22(21)28(31)32)24-10-6-16-14-18(30)8-12-20(16)27(24)33-26(19)23/h20,23-25H,2-19H2,1H3,(H,31,37)(H,38,39)(H,40,41)(H,42,43)(H2,32,33,44);1-14,29H,(H,31,32)/t23?,24-,25-;/m0./s1. The molecule has 6 rings (SSSR count). The summed E-state index contributed by atoms with van der Waals surface area (Å²) in [6, 6.07) is 20.4. The number of Topliss-reactive ketones (excluding diaryl/α,β-unsaturated/α-hetero) is 2. The third kappa shape index (κ3) is 18.3. The predicted octanol–water partition coefficient (Wildman–Crippen LogP) is 9.05. The van der Waals surface area contributed by atoms with Crippen LogP contribution in [0.3, 0.4) is 0 Å². The molecule has 0 bridgehead atoms. The van der Waals surface area contributed by atoms with Crippen LogP contribution in [0.5, 0.6) is 5.75 Å². The second kappa shape index (κ2) is 30.2. The maximum atomic E-state index is 12.3. The third-order valence-corrected chi connectivity index (χ3v) is 13.0. The Bertz CT molecular complexity index is 3200. The Balaban J connectivity index is 0.000000298. The Kier molecular flexibility index (Phi) is 23.3. The van der Waals surface area contributed by atoms with Gasteiger partial charge < -0.3 is 55.4 Å². The van der Waals surface area contributed by atoms with Crippen LogP contribution in [0.4, 0.5) is 4.79 Å². The maximum Gasteiger partial charge on any atom is 0.336 e. The van der Waals surface area contributed by atoms with Crippen LogP contribution in [0.25, 0.3) is 54.6 Å². The summed E-state index contributed by atoms with van der Waals surface area (Å²) in [6.45, 7) is 2.21. The van der Waals surface area contributed by atoms with Crippen molar-refractivity contribution in [3.63, 3.8) is 0 Å². The normalized spacial score (nSPS) is 12.2. The molecule has 1 heterocycles. The number of unbranched alkanes of at least 4 members (excludes halogenated alkanes) is 6. The molecule has 3 amide bonds. The van der Waals surface area contributed by atoms with E-state index in [9.17, 15) is 63.3 Å². The fourth-order valence-corrected chi connectivity index (χ4v) is 9.07. The number of hydrogen-bond acceptors (Lipinski definition) is 13. The largest absolute Gasteiger partial charge is 0.508 e. The van der Waals surface area contributed by atoms with E-state index in [1.807, 2.05) is 30.3 Å². The van der Waals surface area contributed by atoms with Crippen molar-refractivity contribution in [3.8, 4) is 16.9 Å². The van der Waals surface area contributed by atoms with Gasteiger partial charge in [-0.1, -0.05) is 49.6 Å². The van der Waals surface area contributed by atoms with E-state index in [1.54, 1.807) is 55.5 Å². The minimum absolute atomic E-state index is 0.0180. The van der Waals surface area contributed by atoms with Gasteiger partial charge in [0.1, 0.15) is 46.7 Å². The van der Waals surface area contributed by atoms with Gasteiger partial charge in [-0.3, -0.25) is 24.0 Å². The number of amides is 3. The summed E-state index contributed by atoms with van der Waals surface area (Å²) in [5.41, 5.74) is 2.55. The van der Waals surface area contributed by atoms with Crippen molar-refractivity contribution in [2.45, 2.75) is 134 Å². The summed E-state index contributed by atoms with van der Waals surface area (Å²) in [5, 5.41) is 58.6. The number of ketones is 2. The number of carbonyl (C=O) groups excluding carboxylic acids is 5. The summed E-state index contributed by atoms with van der Waals surface area (Å²) in [5.74, 6) is -4.87. The van der Waals surface area contributed by atoms with Crippen LogP contribution < -0.4 is 21.4 Å². The molecule has 0 fully saturated rings. The molecule has 5 aromatic carbocycles. The van der Waals surface area contributed by atoms with Crippen LogP contribution in [0.2, 0.25) is 0 Å². The summed E-state index contributed by atoms with van der Waals surface area (Å²) < 4.78 is 11.5. The van der Waals surface area contributed by atoms with Crippen molar-refractivity contribution < 1.29 is 77.8 Å². The van der Waals surface area contributed by atoms with Crippen molar-refractivity contribution in [1.82, 2.24) is 16.0 Å². The zero-order valence-corrected chi connectivity index (χ0v) is 43.3. The Labute approximate surface area is 448 Å². The number of benzene rings is 5. The number of rotatable bonds is 31. The first-order chi connectivity index (χ1) is 37.4. The number of aromatic hydroxyl groups is 1. The lowest BCUT2D eigenvalue weighted by molar-refractivity contribution is -0.141. The average Bonchev–Trinajstić information content (AvgIpc) is 3.54. The van der Waals surface area contributed by atoms with E-state index in [4.69, 9.17) is 19.4 Å².